The molecule has 4 heteroatoms. The van der Waals surface area contributed by atoms with Crippen molar-refractivity contribution < 1.29 is 0 Å². The van der Waals surface area contributed by atoms with Crippen molar-refractivity contribution in [3.8, 4) is 0 Å². The maximum absolute atomic E-state index is 5.74. The number of hydrogen-bond donors (Lipinski definition) is 0. The number of hydrogen-bond acceptors (Lipinski definition) is 0. The average molecular weight is 402 g/mol. The Hall–Kier alpha value is 1.09. The van der Waals surface area contributed by atoms with E-state index < -0.39 is 3.79 Å². The van der Waals surface area contributed by atoms with Crippen LogP contribution in [0.1, 0.15) is 109 Å². The molecule has 0 aliphatic carbocycles. The molecule has 0 bridgehead atoms. The smallest absolute Gasteiger partial charge is 0.0837 e. The van der Waals surface area contributed by atoms with Gasteiger partial charge >= 0.3 is 0 Å². The Labute approximate surface area is 163 Å². The van der Waals surface area contributed by atoms with Gasteiger partial charge in [-0.3, -0.25) is 0 Å². The summed E-state index contributed by atoms with van der Waals surface area (Å²) in [5.74, 6) is 0. The molecule has 140 valence electrons. The largest absolute Gasteiger partial charge is 0.190 e. The fourth-order valence-electron chi connectivity index (χ4n) is 3.05. The van der Waals surface area contributed by atoms with Crippen LogP contribution < -0.4 is 0 Å². The van der Waals surface area contributed by atoms with Crippen LogP contribution in [0.4, 0.5) is 0 Å². The molecule has 0 nitrogen and oxygen atoms in total. The van der Waals surface area contributed by atoms with Crippen molar-refractivity contribution in [2.24, 2.45) is 0 Å². The molecule has 0 spiro atoms. The molecule has 0 aliphatic rings. The lowest BCUT2D eigenvalue weighted by Gasteiger charge is -2.09. The summed E-state index contributed by atoms with van der Waals surface area (Å²) in [4.78, 5) is 0. The monoisotopic (exact) mass is 400 g/mol. The van der Waals surface area contributed by atoms with E-state index in [1.165, 1.54) is 113 Å². The predicted octanol–water partition coefficient (Wildman–Crippen LogP) is 7.77. The van der Waals surface area contributed by atoms with Gasteiger partial charge in [-0.05, 0) is 12.8 Å². The van der Waals surface area contributed by atoms with Crippen molar-refractivity contribution in [2.45, 2.75) is 119 Å². The van der Waals surface area contributed by atoms with E-state index >= 15 is 0 Å². The van der Waals surface area contributed by atoms with E-state index in [9.17, 15) is 0 Å². The first-order valence-electron chi connectivity index (χ1n) is 10.1. The number of unbranched alkanes of at least 4 members (excludes halogenated alkanes) is 15. The summed E-state index contributed by atoms with van der Waals surface area (Å²) >= 11 is 17.2. The molecule has 0 aromatic heterocycles. The highest BCUT2D eigenvalue weighted by molar-refractivity contribution is 6.67. The standard InChI is InChI=1S/C19H39Cl3Si/c20-19(21,22)17-15-13-11-9-7-5-3-1-2-4-6-8-10-12-14-16-18-23/h1-18H2,23H3. The molecule has 0 N–H and O–H groups in total. The van der Waals surface area contributed by atoms with Gasteiger partial charge in [-0.25, -0.2) is 0 Å². The van der Waals surface area contributed by atoms with Crippen LogP contribution in [0.3, 0.4) is 0 Å². The summed E-state index contributed by atoms with van der Waals surface area (Å²) in [6.45, 7) is 0. The summed E-state index contributed by atoms with van der Waals surface area (Å²) in [7, 11) is 1.39. The van der Waals surface area contributed by atoms with Crippen molar-refractivity contribution in [1.29, 1.82) is 0 Å². The maximum atomic E-state index is 5.74. The third kappa shape index (κ3) is 23.1. The Morgan fingerprint density at radius 3 is 0.957 bits per heavy atom. The highest BCUT2D eigenvalue weighted by Crippen LogP contribution is 2.32. The molecule has 0 saturated heterocycles. The van der Waals surface area contributed by atoms with Gasteiger partial charge in [0, 0.05) is 10.2 Å². The summed E-state index contributed by atoms with van der Waals surface area (Å²) in [6.07, 6.45) is 23.0. The molecule has 0 fully saturated rings. The van der Waals surface area contributed by atoms with Crippen molar-refractivity contribution >= 4 is 45.0 Å². The van der Waals surface area contributed by atoms with Crippen LogP contribution in [-0.4, -0.2) is 14.0 Å². The summed E-state index contributed by atoms with van der Waals surface area (Å²) in [5.41, 5.74) is 0. The SMILES string of the molecule is [SiH3]CCCCCCCCCCCCCCCCCCC(Cl)(Cl)Cl. The van der Waals surface area contributed by atoms with Crippen molar-refractivity contribution in [3.05, 3.63) is 0 Å². The minimum Gasteiger partial charge on any atom is -0.0837 e. The van der Waals surface area contributed by atoms with Crippen molar-refractivity contribution in [1.82, 2.24) is 0 Å². The first kappa shape index (κ1) is 24.1. The first-order valence-corrected chi connectivity index (χ1v) is 12.7. The third-order valence-corrected chi connectivity index (χ3v) is 5.84. The topological polar surface area (TPSA) is 0 Å². The van der Waals surface area contributed by atoms with E-state index in [0.717, 1.165) is 6.42 Å². The van der Waals surface area contributed by atoms with Gasteiger partial charge in [0.25, 0.3) is 0 Å². The lowest BCUT2D eigenvalue weighted by Crippen LogP contribution is -2.00. The second kappa shape index (κ2) is 17.9. The Bertz CT molecular complexity index is 229. The van der Waals surface area contributed by atoms with E-state index in [2.05, 4.69) is 0 Å². The van der Waals surface area contributed by atoms with E-state index in [4.69, 9.17) is 34.8 Å². The molecule has 0 atom stereocenters. The highest BCUT2D eigenvalue weighted by Gasteiger charge is 2.17. The summed E-state index contributed by atoms with van der Waals surface area (Å²) < 4.78 is -1.04. The molecule has 0 aromatic rings. The van der Waals surface area contributed by atoms with Gasteiger partial charge in [0.15, 0.2) is 3.79 Å². The van der Waals surface area contributed by atoms with Crippen LogP contribution in [0.5, 0.6) is 0 Å². The molecular formula is C19H39Cl3Si. The fraction of sp³-hybridized carbons (Fsp3) is 1.00. The fourth-order valence-corrected chi connectivity index (χ4v) is 3.95. The summed E-state index contributed by atoms with van der Waals surface area (Å²) in [5, 5.41) is 0. The zero-order chi connectivity index (χ0) is 17.2. The van der Waals surface area contributed by atoms with Gasteiger partial charge in [0.1, 0.15) is 0 Å². The van der Waals surface area contributed by atoms with Gasteiger partial charge in [0.2, 0.25) is 0 Å². The quantitative estimate of drug-likeness (QED) is 0.133. The average Bonchev–Trinajstić information content (AvgIpc) is 2.49. The predicted molar refractivity (Wildman–Crippen MR) is 114 cm³/mol. The molecule has 0 aromatic carbocycles. The van der Waals surface area contributed by atoms with Gasteiger partial charge in [-0.1, -0.05) is 137 Å². The molecule has 0 rings (SSSR count). The zero-order valence-corrected chi connectivity index (χ0v) is 19.6. The zero-order valence-electron chi connectivity index (χ0n) is 15.4. The van der Waals surface area contributed by atoms with Crippen LogP contribution in [-0.2, 0) is 0 Å². The Morgan fingerprint density at radius 1 is 0.435 bits per heavy atom. The van der Waals surface area contributed by atoms with Crippen LogP contribution >= 0.6 is 34.8 Å². The molecule has 0 saturated carbocycles. The van der Waals surface area contributed by atoms with Crippen molar-refractivity contribution in [3.63, 3.8) is 0 Å². The molecule has 0 radical (unpaired) electrons. The number of alkyl halides is 3. The lowest BCUT2D eigenvalue weighted by molar-refractivity contribution is 0.527. The molecular weight excluding hydrogens is 363 g/mol. The second-order valence-electron chi connectivity index (χ2n) is 7.02. The maximum Gasteiger partial charge on any atom is 0.190 e. The van der Waals surface area contributed by atoms with E-state index in [-0.39, 0.29) is 0 Å². The molecule has 0 unspecified atom stereocenters. The van der Waals surface area contributed by atoms with Gasteiger partial charge in [-0.2, -0.15) is 0 Å². The molecule has 0 amide bonds. The van der Waals surface area contributed by atoms with Gasteiger partial charge < -0.3 is 0 Å². The Kier molecular flexibility index (Phi) is 18.7. The van der Waals surface area contributed by atoms with Crippen molar-refractivity contribution in [2.75, 3.05) is 0 Å². The minimum atomic E-state index is -1.04. The Morgan fingerprint density at radius 2 is 0.696 bits per heavy atom. The first-order chi connectivity index (χ1) is 11.1. The third-order valence-electron chi connectivity index (χ3n) is 4.56. The highest BCUT2D eigenvalue weighted by atomic mass is 35.6. The number of halogens is 3. The molecule has 0 aliphatic heterocycles. The van der Waals surface area contributed by atoms with Crippen LogP contribution in [0.25, 0.3) is 0 Å². The number of rotatable bonds is 17. The van der Waals surface area contributed by atoms with E-state index in [1.807, 2.05) is 0 Å². The molecule has 23 heavy (non-hydrogen) atoms. The normalized spacial score (nSPS) is 12.1. The van der Waals surface area contributed by atoms with Gasteiger partial charge in [-0.15, -0.1) is 0 Å². The van der Waals surface area contributed by atoms with Crippen LogP contribution in [0, 0.1) is 0 Å². The van der Waals surface area contributed by atoms with Gasteiger partial charge in [0.05, 0.1) is 0 Å². The Balaban J connectivity index is 3.00. The van der Waals surface area contributed by atoms with E-state index in [0.29, 0.717) is 6.42 Å². The molecule has 0 heterocycles. The van der Waals surface area contributed by atoms with Crippen LogP contribution in [0.2, 0.25) is 6.04 Å². The van der Waals surface area contributed by atoms with Crippen LogP contribution in [0.15, 0.2) is 0 Å². The second-order valence-corrected chi connectivity index (χ2v) is 10.5. The lowest BCUT2D eigenvalue weighted by atomic mass is 10.0. The minimum absolute atomic E-state index is 0.692. The summed E-state index contributed by atoms with van der Waals surface area (Å²) in [6, 6.07) is 1.49. The van der Waals surface area contributed by atoms with E-state index in [1.54, 1.807) is 0 Å².